The lowest BCUT2D eigenvalue weighted by Crippen LogP contribution is -2.11. The fourth-order valence-electron chi connectivity index (χ4n) is 1.67. The van der Waals surface area contributed by atoms with Gasteiger partial charge in [-0.15, -0.1) is 0 Å². The second kappa shape index (κ2) is 5.96. The van der Waals surface area contributed by atoms with Gasteiger partial charge in [0.2, 0.25) is 0 Å². The summed E-state index contributed by atoms with van der Waals surface area (Å²) in [5, 5.41) is 3.30. The van der Waals surface area contributed by atoms with E-state index in [-0.39, 0.29) is 0 Å². The van der Waals surface area contributed by atoms with Gasteiger partial charge in [-0.2, -0.15) is 0 Å². The molecule has 0 atom stereocenters. The predicted molar refractivity (Wildman–Crippen MR) is 76.0 cm³/mol. The van der Waals surface area contributed by atoms with E-state index in [0.717, 1.165) is 29.2 Å². The van der Waals surface area contributed by atoms with Crippen molar-refractivity contribution in [1.29, 1.82) is 0 Å². The Balaban J connectivity index is 1.77. The number of aryl methyl sites for hydroxylation is 1. The molecule has 0 amide bonds. The minimum atomic E-state index is 0.632. The van der Waals surface area contributed by atoms with Crippen LogP contribution >= 0.6 is 0 Å². The maximum absolute atomic E-state index is 5.77. The Morgan fingerprint density at radius 3 is 2.61 bits per heavy atom. The summed E-state index contributed by atoms with van der Waals surface area (Å²) in [5.41, 5.74) is 8.74. The lowest BCUT2D eigenvalue weighted by atomic mass is 10.2. The van der Waals surface area contributed by atoms with E-state index in [9.17, 15) is 0 Å². The van der Waals surface area contributed by atoms with Gasteiger partial charge in [-0.1, -0.05) is 18.2 Å². The van der Waals surface area contributed by atoms with Gasteiger partial charge in [-0.3, -0.25) is 0 Å². The molecule has 2 aromatic carbocycles. The molecule has 0 aliphatic carbocycles. The molecule has 0 saturated carbocycles. The van der Waals surface area contributed by atoms with Crippen LogP contribution in [0.15, 0.2) is 48.5 Å². The molecule has 0 fully saturated rings. The zero-order chi connectivity index (χ0) is 12.8. The number of rotatable bonds is 5. The van der Waals surface area contributed by atoms with Gasteiger partial charge in [0.25, 0.3) is 0 Å². The minimum Gasteiger partial charge on any atom is -0.492 e. The summed E-state index contributed by atoms with van der Waals surface area (Å²) in [7, 11) is 0. The number of hydrogen-bond donors (Lipinski definition) is 2. The van der Waals surface area contributed by atoms with Crippen LogP contribution < -0.4 is 15.8 Å². The number of ether oxygens (including phenoxy) is 1. The standard InChI is InChI=1S/C15H18N2O/c1-12-11-13(7-8-15(12)16)17-9-10-18-14-5-3-2-4-6-14/h2-8,11,17H,9-10,16H2,1H3. The average molecular weight is 242 g/mol. The van der Waals surface area contributed by atoms with Crippen LogP contribution in [0.4, 0.5) is 11.4 Å². The maximum atomic E-state index is 5.77. The van der Waals surface area contributed by atoms with E-state index in [4.69, 9.17) is 10.5 Å². The number of nitrogen functional groups attached to an aromatic ring is 1. The Morgan fingerprint density at radius 2 is 1.89 bits per heavy atom. The van der Waals surface area contributed by atoms with Crippen molar-refractivity contribution in [3.05, 3.63) is 54.1 Å². The SMILES string of the molecule is Cc1cc(NCCOc2ccccc2)ccc1N. The van der Waals surface area contributed by atoms with Gasteiger partial charge in [0.15, 0.2) is 0 Å². The number of nitrogens with two attached hydrogens (primary N) is 1. The predicted octanol–water partition coefficient (Wildman–Crippen LogP) is 3.07. The average Bonchev–Trinajstić information content (AvgIpc) is 2.40. The zero-order valence-electron chi connectivity index (χ0n) is 10.5. The Morgan fingerprint density at radius 1 is 1.11 bits per heavy atom. The van der Waals surface area contributed by atoms with Gasteiger partial charge >= 0.3 is 0 Å². The van der Waals surface area contributed by atoms with Crippen molar-refractivity contribution in [2.75, 3.05) is 24.2 Å². The fourth-order valence-corrected chi connectivity index (χ4v) is 1.67. The number of para-hydroxylation sites is 1. The van der Waals surface area contributed by atoms with Gasteiger partial charge in [0.1, 0.15) is 12.4 Å². The van der Waals surface area contributed by atoms with Crippen LogP contribution in [-0.2, 0) is 0 Å². The summed E-state index contributed by atoms with van der Waals surface area (Å²) < 4.78 is 5.59. The third-order valence-electron chi connectivity index (χ3n) is 2.71. The molecule has 3 N–H and O–H groups in total. The summed E-state index contributed by atoms with van der Waals surface area (Å²) >= 11 is 0. The lowest BCUT2D eigenvalue weighted by Gasteiger charge is -2.09. The van der Waals surface area contributed by atoms with E-state index in [0.29, 0.717) is 6.61 Å². The van der Waals surface area contributed by atoms with Crippen LogP contribution in [0, 0.1) is 6.92 Å². The molecule has 0 spiro atoms. The first-order valence-corrected chi connectivity index (χ1v) is 6.03. The third-order valence-corrected chi connectivity index (χ3v) is 2.71. The molecular weight excluding hydrogens is 224 g/mol. The van der Waals surface area contributed by atoms with Crippen LogP contribution in [0.3, 0.4) is 0 Å². The molecule has 18 heavy (non-hydrogen) atoms. The molecule has 0 aliphatic rings. The van der Waals surface area contributed by atoms with Crippen molar-refractivity contribution in [2.24, 2.45) is 0 Å². The summed E-state index contributed by atoms with van der Waals surface area (Å²) in [5.74, 6) is 0.896. The van der Waals surface area contributed by atoms with Crippen LogP contribution in [-0.4, -0.2) is 13.2 Å². The van der Waals surface area contributed by atoms with E-state index in [2.05, 4.69) is 5.32 Å². The van der Waals surface area contributed by atoms with Crippen molar-refractivity contribution in [3.63, 3.8) is 0 Å². The molecule has 2 aromatic rings. The highest BCUT2D eigenvalue weighted by molar-refractivity contribution is 5.56. The smallest absolute Gasteiger partial charge is 0.119 e. The molecule has 0 aromatic heterocycles. The molecule has 3 nitrogen and oxygen atoms in total. The van der Waals surface area contributed by atoms with Crippen LogP contribution in [0.5, 0.6) is 5.75 Å². The first-order valence-electron chi connectivity index (χ1n) is 6.03. The Kier molecular flexibility index (Phi) is 4.07. The van der Waals surface area contributed by atoms with Crippen molar-refractivity contribution in [3.8, 4) is 5.75 Å². The molecule has 0 saturated heterocycles. The molecule has 0 heterocycles. The Labute approximate surface area is 108 Å². The van der Waals surface area contributed by atoms with E-state index in [1.54, 1.807) is 0 Å². The minimum absolute atomic E-state index is 0.632. The van der Waals surface area contributed by atoms with E-state index < -0.39 is 0 Å². The first kappa shape index (κ1) is 12.3. The topological polar surface area (TPSA) is 47.3 Å². The van der Waals surface area contributed by atoms with Gasteiger partial charge in [-0.05, 0) is 42.8 Å². The number of nitrogens with one attached hydrogen (secondary N) is 1. The lowest BCUT2D eigenvalue weighted by molar-refractivity contribution is 0.333. The number of anilines is 2. The normalized spacial score (nSPS) is 10.1. The maximum Gasteiger partial charge on any atom is 0.119 e. The van der Waals surface area contributed by atoms with Gasteiger partial charge in [-0.25, -0.2) is 0 Å². The van der Waals surface area contributed by atoms with Crippen LogP contribution in [0.1, 0.15) is 5.56 Å². The third kappa shape index (κ3) is 3.42. The summed E-state index contributed by atoms with van der Waals surface area (Å²) in [6.45, 7) is 3.40. The molecule has 2 rings (SSSR count). The van der Waals surface area contributed by atoms with Crippen molar-refractivity contribution >= 4 is 11.4 Å². The van der Waals surface area contributed by atoms with E-state index in [1.807, 2.05) is 55.5 Å². The summed E-state index contributed by atoms with van der Waals surface area (Å²) in [6.07, 6.45) is 0. The highest BCUT2D eigenvalue weighted by Crippen LogP contribution is 2.16. The molecule has 0 unspecified atom stereocenters. The van der Waals surface area contributed by atoms with E-state index in [1.165, 1.54) is 0 Å². The highest BCUT2D eigenvalue weighted by atomic mass is 16.5. The van der Waals surface area contributed by atoms with E-state index >= 15 is 0 Å². The van der Waals surface area contributed by atoms with Crippen molar-refractivity contribution < 1.29 is 4.74 Å². The molecule has 0 bridgehead atoms. The second-order valence-corrected chi connectivity index (χ2v) is 4.16. The second-order valence-electron chi connectivity index (χ2n) is 4.16. The summed E-state index contributed by atoms with van der Waals surface area (Å²) in [4.78, 5) is 0. The number of benzene rings is 2. The first-order chi connectivity index (χ1) is 8.75. The largest absolute Gasteiger partial charge is 0.492 e. The van der Waals surface area contributed by atoms with Gasteiger partial charge < -0.3 is 15.8 Å². The Bertz CT molecular complexity index is 497. The quantitative estimate of drug-likeness (QED) is 0.625. The van der Waals surface area contributed by atoms with Crippen molar-refractivity contribution in [2.45, 2.75) is 6.92 Å². The molecule has 3 heteroatoms. The monoisotopic (exact) mass is 242 g/mol. The molecular formula is C15H18N2O. The fraction of sp³-hybridized carbons (Fsp3) is 0.200. The van der Waals surface area contributed by atoms with Gasteiger partial charge in [0, 0.05) is 17.9 Å². The van der Waals surface area contributed by atoms with Crippen molar-refractivity contribution in [1.82, 2.24) is 0 Å². The van der Waals surface area contributed by atoms with Gasteiger partial charge in [0.05, 0.1) is 0 Å². The molecule has 0 radical (unpaired) electrons. The molecule has 0 aliphatic heterocycles. The number of hydrogen-bond acceptors (Lipinski definition) is 3. The zero-order valence-corrected chi connectivity index (χ0v) is 10.5. The van der Waals surface area contributed by atoms with Crippen LogP contribution in [0.2, 0.25) is 0 Å². The van der Waals surface area contributed by atoms with Crippen LogP contribution in [0.25, 0.3) is 0 Å². The summed E-state index contributed by atoms with van der Waals surface area (Å²) in [6, 6.07) is 15.7. The molecule has 94 valence electrons. The highest BCUT2D eigenvalue weighted by Gasteiger charge is 1.96. The Hall–Kier alpha value is -2.16.